The van der Waals surface area contributed by atoms with E-state index in [1.807, 2.05) is 0 Å². The van der Waals surface area contributed by atoms with Crippen molar-refractivity contribution >= 4 is 34.8 Å². The maximum Gasteiger partial charge on any atom is 0.244 e. The van der Waals surface area contributed by atoms with Gasteiger partial charge >= 0.3 is 0 Å². The molecule has 0 saturated carbocycles. The molecule has 132 valence electrons. The highest BCUT2D eigenvalue weighted by atomic mass is 35.5. The molecule has 0 aliphatic carbocycles. The van der Waals surface area contributed by atoms with E-state index in [4.69, 9.17) is 16.3 Å². The van der Waals surface area contributed by atoms with Crippen LogP contribution in [0.1, 0.15) is 6.92 Å². The van der Waals surface area contributed by atoms with Crippen LogP contribution in [0.3, 0.4) is 0 Å². The van der Waals surface area contributed by atoms with Crippen LogP contribution < -0.4 is 15.0 Å². The average Bonchev–Trinajstić information content (AvgIpc) is 2.55. The third-order valence-electron chi connectivity index (χ3n) is 3.33. The summed E-state index contributed by atoms with van der Waals surface area (Å²) >= 11 is 6.03. The van der Waals surface area contributed by atoms with Gasteiger partial charge in [0.05, 0.1) is 17.8 Å². The third-order valence-corrected chi connectivity index (χ3v) is 3.63. The second-order valence-corrected chi connectivity index (χ2v) is 5.50. The Morgan fingerprint density at radius 3 is 2.48 bits per heavy atom. The van der Waals surface area contributed by atoms with Gasteiger partial charge in [0.25, 0.3) is 0 Å². The van der Waals surface area contributed by atoms with Crippen LogP contribution in [0.5, 0.6) is 5.75 Å². The molecule has 1 N–H and O–H groups in total. The maximum absolute atomic E-state index is 13.6. The van der Waals surface area contributed by atoms with E-state index in [0.717, 1.165) is 12.1 Å². The molecule has 0 spiro atoms. The summed E-state index contributed by atoms with van der Waals surface area (Å²) in [6.45, 7) is 0.915. The number of amides is 2. The average molecular weight is 369 g/mol. The molecule has 0 unspecified atom stereocenters. The normalized spacial score (nSPS) is 10.3. The van der Waals surface area contributed by atoms with Crippen LogP contribution in [0, 0.1) is 11.6 Å². The van der Waals surface area contributed by atoms with Crippen molar-refractivity contribution in [2.45, 2.75) is 6.92 Å². The number of methoxy groups -OCH3 is 1. The number of rotatable bonds is 5. The van der Waals surface area contributed by atoms with E-state index >= 15 is 0 Å². The topological polar surface area (TPSA) is 58.6 Å². The zero-order valence-corrected chi connectivity index (χ0v) is 14.2. The van der Waals surface area contributed by atoms with Gasteiger partial charge in [0.15, 0.2) is 0 Å². The molecule has 2 amide bonds. The lowest BCUT2D eigenvalue weighted by atomic mass is 10.2. The fourth-order valence-corrected chi connectivity index (χ4v) is 2.38. The highest BCUT2D eigenvalue weighted by Gasteiger charge is 2.18. The molecular weight excluding hydrogens is 354 g/mol. The smallest absolute Gasteiger partial charge is 0.244 e. The summed E-state index contributed by atoms with van der Waals surface area (Å²) in [6, 6.07) is 7.38. The van der Waals surface area contributed by atoms with Gasteiger partial charge in [-0.3, -0.25) is 9.59 Å². The van der Waals surface area contributed by atoms with Crippen LogP contribution in [0.2, 0.25) is 5.02 Å². The monoisotopic (exact) mass is 368 g/mol. The molecule has 2 aromatic carbocycles. The van der Waals surface area contributed by atoms with Crippen LogP contribution in [-0.2, 0) is 9.59 Å². The zero-order chi connectivity index (χ0) is 18.6. The number of nitrogens with zero attached hydrogens (tertiary/aromatic N) is 1. The van der Waals surface area contributed by atoms with Crippen molar-refractivity contribution in [2.75, 3.05) is 23.9 Å². The molecule has 0 saturated heterocycles. The molecule has 5 nitrogen and oxygen atoms in total. The Kier molecular flexibility index (Phi) is 5.93. The molecule has 0 aliphatic rings. The van der Waals surface area contributed by atoms with Gasteiger partial charge in [0.2, 0.25) is 11.8 Å². The van der Waals surface area contributed by atoms with Gasteiger partial charge in [-0.1, -0.05) is 11.6 Å². The van der Waals surface area contributed by atoms with Gasteiger partial charge in [0.1, 0.15) is 23.9 Å². The number of nitrogens with one attached hydrogen (secondary N) is 1. The van der Waals surface area contributed by atoms with Crippen molar-refractivity contribution < 1.29 is 23.1 Å². The number of hydrogen-bond donors (Lipinski definition) is 1. The standard InChI is InChI=1S/C17H15ClF2N2O3/c1-10(23)22(12-4-6-16(25-2)13(18)8-12)9-17(24)21-15-5-3-11(19)7-14(15)20/h3-8H,9H2,1-2H3,(H,21,24). The third kappa shape index (κ3) is 4.67. The highest BCUT2D eigenvalue weighted by Crippen LogP contribution is 2.29. The summed E-state index contributed by atoms with van der Waals surface area (Å²) in [6.07, 6.45) is 0. The summed E-state index contributed by atoms with van der Waals surface area (Å²) in [4.78, 5) is 25.1. The number of carbonyl (C=O) groups is 2. The molecule has 8 heteroatoms. The van der Waals surface area contributed by atoms with E-state index < -0.39 is 23.4 Å². The SMILES string of the molecule is COc1ccc(N(CC(=O)Nc2ccc(F)cc2F)C(C)=O)cc1Cl. The summed E-state index contributed by atoms with van der Waals surface area (Å²) in [5, 5.41) is 2.57. The van der Waals surface area contributed by atoms with Crippen LogP contribution in [0.15, 0.2) is 36.4 Å². The fourth-order valence-electron chi connectivity index (χ4n) is 2.13. The van der Waals surface area contributed by atoms with Gasteiger partial charge in [-0.15, -0.1) is 0 Å². The summed E-state index contributed by atoms with van der Waals surface area (Å²) in [5.74, 6) is -2.29. The number of anilines is 2. The number of hydrogen-bond acceptors (Lipinski definition) is 3. The van der Waals surface area contributed by atoms with Crippen LogP contribution >= 0.6 is 11.6 Å². The van der Waals surface area contributed by atoms with E-state index in [2.05, 4.69) is 5.32 Å². The second-order valence-electron chi connectivity index (χ2n) is 5.10. The minimum Gasteiger partial charge on any atom is -0.495 e. The maximum atomic E-state index is 13.6. The predicted octanol–water partition coefficient (Wildman–Crippen LogP) is 3.62. The van der Waals surface area contributed by atoms with E-state index in [9.17, 15) is 18.4 Å². The first-order chi connectivity index (χ1) is 11.8. The molecule has 2 aromatic rings. The van der Waals surface area contributed by atoms with Crippen LogP contribution in [0.25, 0.3) is 0 Å². The van der Waals surface area contributed by atoms with Gasteiger partial charge in [-0.25, -0.2) is 8.78 Å². The van der Waals surface area contributed by atoms with E-state index in [-0.39, 0.29) is 17.3 Å². The Morgan fingerprint density at radius 2 is 1.92 bits per heavy atom. The highest BCUT2D eigenvalue weighted by molar-refractivity contribution is 6.32. The van der Waals surface area contributed by atoms with E-state index in [0.29, 0.717) is 17.5 Å². The first-order valence-corrected chi connectivity index (χ1v) is 7.56. The zero-order valence-electron chi connectivity index (χ0n) is 13.5. The number of ether oxygens (including phenoxy) is 1. The van der Waals surface area contributed by atoms with Crippen molar-refractivity contribution in [3.05, 3.63) is 53.1 Å². The predicted molar refractivity (Wildman–Crippen MR) is 91.0 cm³/mol. The lowest BCUT2D eigenvalue weighted by molar-refractivity contribution is -0.120. The molecule has 0 aromatic heterocycles. The number of carbonyl (C=O) groups excluding carboxylic acids is 2. The molecule has 2 rings (SSSR count). The van der Waals surface area contributed by atoms with Crippen LogP contribution in [-0.4, -0.2) is 25.5 Å². The first kappa shape index (κ1) is 18.7. The minimum atomic E-state index is -0.907. The molecule has 0 atom stereocenters. The Hall–Kier alpha value is -2.67. The Labute approximate surface area is 148 Å². The molecule has 0 radical (unpaired) electrons. The van der Waals surface area contributed by atoms with Crippen molar-refractivity contribution in [1.82, 2.24) is 0 Å². The van der Waals surface area contributed by atoms with Crippen molar-refractivity contribution in [3.8, 4) is 5.75 Å². The summed E-state index contributed by atoms with van der Waals surface area (Å²) in [7, 11) is 1.45. The number of halogens is 3. The lowest BCUT2D eigenvalue weighted by Crippen LogP contribution is -2.36. The Balaban J connectivity index is 2.17. The van der Waals surface area contributed by atoms with Crippen LogP contribution in [0.4, 0.5) is 20.2 Å². The minimum absolute atomic E-state index is 0.178. The molecule has 0 fully saturated rings. The lowest BCUT2D eigenvalue weighted by Gasteiger charge is -2.21. The Bertz CT molecular complexity index is 814. The van der Waals surface area contributed by atoms with Gasteiger partial charge in [-0.05, 0) is 30.3 Å². The fraction of sp³-hybridized carbons (Fsp3) is 0.176. The molecular formula is C17H15ClF2N2O3. The van der Waals surface area contributed by atoms with Gasteiger partial charge in [0, 0.05) is 18.7 Å². The Morgan fingerprint density at radius 1 is 1.20 bits per heavy atom. The van der Waals surface area contributed by atoms with Gasteiger partial charge in [-0.2, -0.15) is 0 Å². The summed E-state index contributed by atoms with van der Waals surface area (Å²) in [5.41, 5.74) is 0.204. The summed E-state index contributed by atoms with van der Waals surface area (Å²) < 4.78 is 31.5. The van der Waals surface area contributed by atoms with Crippen molar-refractivity contribution in [2.24, 2.45) is 0 Å². The molecule has 0 bridgehead atoms. The second kappa shape index (κ2) is 7.94. The van der Waals surface area contributed by atoms with Crippen molar-refractivity contribution in [1.29, 1.82) is 0 Å². The molecule has 25 heavy (non-hydrogen) atoms. The quantitative estimate of drug-likeness (QED) is 0.877. The largest absolute Gasteiger partial charge is 0.495 e. The van der Waals surface area contributed by atoms with E-state index in [1.54, 1.807) is 12.1 Å². The number of benzene rings is 2. The molecule has 0 aliphatic heterocycles. The molecule has 0 heterocycles. The first-order valence-electron chi connectivity index (χ1n) is 7.18. The van der Waals surface area contributed by atoms with E-state index in [1.165, 1.54) is 25.0 Å². The van der Waals surface area contributed by atoms with Gasteiger partial charge < -0.3 is 15.0 Å². The van der Waals surface area contributed by atoms with Crippen molar-refractivity contribution in [3.63, 3.8) is 0 Å².